The number of benzene rings is 1. The summed E-state index contributed by atoms with van der Waals surface area (Å²) in [7, 11) is 0. The van der Waals surface area contributed by atoms with Crippen molar-refractivity contribution >= 4 is 45.6 Å². The third kappa shape index (κ3) is 5.31. The number of thiazole rings is 1. The molecule has 0 radical (unpaired) electrons. The van der Waals surface area contributed by atoms with Gasteiger partial charge in [-0.15, -0.1) is 11.3 Å². The van der Waals surface area contributed by atoms with E-state index in [0.29, 0.717) is 28.1 Å². The normalized spacial score (nSPS) is 10.8. The molecule has 130 valence electrons. The molecule has 3 aromatic rings. The van der Waals surface area contributed by atoms with Crippen LogP contribution in [0.2, 0.25) is 10.0 Å². The Morgan fingerprint density at radius 1 is 1.28 bits per heavy atom. The van der Waals surface area contributed by atoms with Crippen LogP contribution >= 0.6 is 34.5 Å². The molecule has 2 aromatic heterocycles. The van der Waals surface area contributed by atoms with Crippen LogP contribution in [0.3, 0.4) is 0 Å². The van der Waals surface area contributed by atoms with Crippen LogP contribution in [-0.4, -0.2) is 17.4 Å². The highest BCUT2D eigenvalue weighted by atomic mass is 35.5. The van der Waals surface area contributed by atoms with Crippen LogP contribution in [0.1, 0.15) is 16.2 Å². The number of furan rings is 1. The third-order valence-corrected chi connectivity index (χ3v) is 4.85. The molecule has 0 aliphatic carbocycles. The Morgan fingerprint density at radius 2 is 2.16 bits per heavy atom. The Kier molecular flexibility index (Phi) is 6.09. The largest absolute Gasteiger partial charge is 0.468 e. The predicted octanol–water partition coefficient (Wildman–Crippen LogP) is 4.36. The molecule has 8 heteroatoms. The molecule has 2 N–H and O–H groups in total. The topological polar surface area (TPSA) is 67.2 Å². The van der Waals surface area contributed by atoms with Crippen molar-refractivity contribution in [3.05, 3.63) is 69.0 Å². The molecule has 0 spiro atoms. The van der Waals surface area contributed by atoms with E-state index in [1.807, 2.05) is 12.1 Å². The fraction of sp³-hybridized carbons (Fsp3) is 0.176. The average molecular weight is 396 g/mol. The van der Waals surface area contributed by atoms with Crippen molar-refractivity contribution in [1.82, 2.24) is 10.3 Å². The fourth-order valence-corrected chi connectivity index (χ4v) is 3.42. The molecule has 0 aliphatic rings. The summed E-state index contributed by atoms with van der Waals surface area (Å²) in [6.45, 7) is 0.673. The maximum Gasteiger partial charge on any atom is 0.240 e. The Morgan fingerprint density at radius 3 is 2.96 bits per heavy atom. The van der Waals surface area contributed by atoms with Crippen LogP contribution in [-0.2, 0) is 17.8 Å². The molecule has 3 rings (SSSR count). The van der Waals surface area contributed by atoms with E-state index in [1.54, 1.807) is 30.7 Å². The number of carbonyl (C=O) groups excluding carboxylic acids is 1. The molecule has 0 atom stereocenters. The van der Waals surface area contributed by atoms with Crippen LogP contribution in [0.25, 0.3) is 0 Å². The SMILES string of the molecule is O=C(CNCc1ccco1)Nc1ncc(Cc2cc(Cl)ccc2Cl)s1. The Balaban J connectivity index is 1.51. The van der Waals surface area contributed by atoms with Crippen molar-refractivity contribution in [2.75, 3.05) is 11.9 Å². The van der Waals surface area contributed by atoms with Gasteiger partial charge in [-0.1, -0.05) is 23.2 Å². The number of nitrogens with one attached hydrogen (secondary N) is 2. The van der Waals surface area contributed by atoms with Crippen LogP contribution in [0, 0.1) is 0 Å². The van der Waals surface area contributed by atoms with E-state index in [0.717, 1.165) is 16.2 Å². The maximum absolute atomic E-state index is 11.9. The number of anilines is 1. The van der Waals surface area contributed by atoms with Gasteiger partial charge >= 0.3 is 0 Å². The molecule has 1 aromatic carbocycles. The summed E-state index contributed by atoms with van der Waals surface area (Å²) in [5.41, 5.74) is 0.927. The highest BCUT2D eigenvalue weighted by Crippen LogP contribution is 2.26. The second-order valence-corrected chi connectivity index (χ2v) is 7.23. The van der Waals surface area contributed by atoms with Gasteiger partial charge in [-0.3, -0.25) is 4.79 Å². The first-order chi connectivity index (χ1) is 12.1. The minimum absolute atomic E-state index is 0.159. The zero-order chi connectivity index (χ0) is 17.6. The van der Waals surface area contributed by atoms with Crippen molar-refractivity contribution in [3.8, 4) is 0 Å². The first-order valence-corrected chi connectivity index (χ1v) is 9.09. The highest BCUT2D eigenvalue weighted by Gasteiger charge is 2.09. The minimum atomic E-state index is -0.159. The van der Waals surface area contributed by atoms with Gasteiger partial charge in [0, 0.05) is 27.5 Å². The summed E-state index contributed by atoms with van der Waals surface area (Å²) in [4.78, 5) is 17.1. The first-order valence-electron chi connectivity index (χ1n) is 7.52. The van der Waals surface area contributed by atoms with Crippen molar-refractivity contribution in [2.24, 2.45) is 0 Å². The molecule has 0 saturated carbocycles. The molecule has 25 heavy (non-hydrogen) atoms. The summed E-state index contributed by atoms with van der Waals surface area (Å²) in [6, 6.07) is 9.01. The molecule has 5 nitrogen and oxygen atoms in total. The van der Waals surface area contributed by atoms with Gasteiger partial charge in [0.2, 0.25) is 5.91 Å². The third-order valence-electron chi connectivity index (χ3n) is 3.34. The number of halogens is 2. The molecule has 1 amide bonds. The molecule has 0 unspecified atom stereocenters. The van der Waals surface area contributed by atoms with Crippen molar-refractivity contribution in [1.29, 1.82) is 0 Å². The standard InChI is InChI=1S/C17H15Cl2N3O2S/c18-12-3-4-15(19)11(6-12)7-14-9-21-17(25-14)22-16(23)10-20-8-13-2-1-5-24-13/h1-6,9,20H,7-8,10H2,(H,21,22,23). The molecule has 0 aliphatic heterocycles. The molecule has 0 saturated heterocycles. The lowest BCUT2D eigenvalue weighted by molar-refractivity contribution is -0.115. The number of nitrogens with zero attached hydrogens (tertiary/aromatic N) is 1. The van der Waals surface area contributed by atoms with Crippen LogP contribution < -0.4 is 10.6 Å². The number of aromatic nitrogens is 1. The van der Waals surface area contributed by atoms with Crippen LogP contribution in [0.5, 0.6) is 0 Å². The number of hydrogen-bond donors (Lipinski definition) is 2. The lowest BCUT2D eigenvalue weighted by Gasteiger charge is -2.03. The van der Waals surface area contributed by atoms with Crippen LogP contribution in [0.4, 0.5) is 5.13 Å². The van der Waals surface area contributed by atoms with Crippen molar-refractivity contribution in [2.45, 2.75) is 13.0 Å². The second-order valence-electron chi connectivity index (χ2n) is 5.28. The van der Waals surface area contributed by atoms with E-state index >= 15 is 0 Å². The summed E-state index contributed by atoms with van der Waals surface area (Å²) in [6.07, 6.45) is 3.94. The zero-order valence-corrected chi connectivity index (χ0v) is 15.4. The molecule has 0 bridgehead atoms. The molecular weight excluding hydrogens is 381 g/mol. The Hall–Kier alpha value is -1.86. The summed E-state index contributed by atoms with van der Waals surface area (Å²) in [5.74, 6) is 0.621. The minimum Gasteiger partial charge on any atom is -0.468 e. The lowest BCUT2D eigenvalue weighted by Crippen LogP contribution is -2.27. The second kappa shape index (κ2) is 8.49. The molecular formula is C17H15Cl2N3O2S. The monoisotopic (exact) mass is 395 g/mol. The van der Waals surface area contributed by atoms with Gasteiger partial charge in [0.15, 0.2) is 5.13 Å². The van der Waals surface area contributed by atoms with E-state index in [2.05, 4.69) is 15.6 Å². The van der Waals surface area contributed by atoms with E-state index in [9.17, 15) is 4.79 Å². The predicted molar refractivity (Wildman–Crippen MR) is 100 cm³/mol. The van der Waals surface area contributed by atoms with Gasteiger partial charge in [0.05, 0.1) is 19.4 Å². The van der Waals surface area contributed by atoms with Gasteiger partial charge < -0.3 is 15.1 Å². The van der Waals surface area contributed by atoms with Crippen LogP contribution in [0.15, 0.2) is 47.2 Å². The van der Waals surface area contributed by atoms with E-state index < -0.39 is 0 Å². The lowest BCUT2D eigenvalue weighted by atomic mass is 10.1. The van der Waals surface area contributed by atoms with Gasteiger partial charge in [-0.25, -0.2) is 4.98 Å². The fourth-order valence-electron chi connectivity index (χ4n) is 2.19. The average Bonchev–Trinajstić information content (AvgIpc) is 3.23. The van der Waals surface area contributed by atoms with Crippen molar-refractivity contribution in [3.63, 3.8) is 0 Å². The summed E-state index contributed by atoms with van der Waals surface area (Å²) >= 11 is 13.6. The zero-order valence-electron chi connectivity index (χ0n) is 13.1. The summed E-state index contributed by atoms with van der Waals surface area (Å²) in [5, 5.41) is 7.63. The number of hydrogen-bond acceptors (Lipinski definition) is 5. The highest BCUT2D eigenvalue weighted by molar-refractivity contribution is 7.15. The Bertz CT molecular complexity index is 849. The van der Waals surface area contributed by atoms with E-state index in [-0.39, 0.29) is 12.5 Å². The molecule has 2 heterocycles. The summed E-state index contributed by atoms with van der Waals surface area (Å²) < 4.78 is 5.19. The van der Waals surface area contributed by atoms with Gasteiger partial charge in [0.1, 0.15) is 5.76 Å². The van der Waals surface area contributed by atoms with Gasteiger partial charge in [-0.2, -0.15) is 0 Å². The maximum atomic E-state index is 11.9. The molecule has 0 fully saturated rings. The smallest absolute Gasteiger partial charge is 0.240 e. The van der Waals surface area contributed by atoms with E-state index in [1.165, 1.54) is 11.3 Å². The first kappa shape index (κ1) is 17.9. The quantitative estimate of drug-likeness (QED) is 0.623. The number of rotatable bonds is 7. The Labute approximate surface area is 159 Å². The number of amides is 1. The van der Waals surface area contributed by atoms with Crippen molar-refractivity contribution < 1.29 is 9.21 Å². The number of carbonyl (C=O) groups is 1. The van der Waals surface area contributed by atoms with Gasteiger partial charge in [-0.05, 0) is 35.9 Å². The van der Waals surface area contributed by atoms with E-state index in [4.69, 9.17) is 27.6 Å². The van der Waals surface area contributed by atoms with Gasteiger partial charge in [0.25, 0.3) is 0 Å².